The summed E-state index contributed by atoms with van der Waals surface area (Å²) in [4.78, 5) is 30.0. The van der Waals surface area contributed by atoms with Gasteiger partial charge in [0.05, 0.1) is 27.5 Å². The number of aromatic nitrogens is 1. The number of nitrogens with one attached hydrogen (secondary N) is 2. The molecule has 0 spiro atoms. The molecule has 0 aliphatic heterocycles. The number of fused-ring (bicyclic) bond motifs is 2. The van der Waals surface area contributed by atoms with Crippen LogP contribution in [0.25, 0.3) is 10.9 Å². The molecule has 11 heteroatoms. The lowest BCUT2D eigenvalue weighted by molar-refractivity contribution is -0.137. The zero-order chi connectivity index (χ0) is 27.0. The predicted molar refractivity (Wildman–Crippen MR) is 137 cm³/mol. The quantitative estimate of drug-likeness (QED) is 0.288. The third-order valence-electron chi connectivity index (χ3n) is 6.20. The van der Waals surface area contributed by atoms with E-state index in [0.29, 0.717) is 47.4 Å². The second-order valence-corrected chi connectivity index (χ2v) is 9.15. The number of hydrogen-bond donors (Lipinski definition) is 2. The van der Waals surface area contributed by atoms with Crippen LogP contribution in [-0.2, 0) is 12.6 Å². The van der Waals surface area contributed by atoms with Gasteiger partial charge in [-0.25, -0.2) is 10.4 Å². The minimum absolute atomic E-state index is 0.0485. The van der Waals surface area contributed by atoms with Crippen molar-refractivity contribution in [3.63, 3.8) is 0 Å². The highest BCUT2D eigenvalue weighted by Gasteiger charge is 2.32. The summed E-state index contributed by atoms with van der Waals surface area (Å²) in [6.07, 6.45) is -2.86. The van der Waals surface area contributed by atoms with Crippen molar-refractivity contribution in [2.24, 2.45) is 5.10 Å². The molecule has 2 aromatic heterocycles. The van der Waals surface area contributed by atoms with E-state index in [9.17, 15) is 22.8 Å². The number of amides is 2. The van der Waals surface area contributed by atoms with Crippen molar-refractivity contribution in [2.75, 3.05) is 5.32 Å². The van der Waals surface area contributed by atoms with Gasteiger partial charge in [0.2, 0.25) is 0 Å². The third-order valence-corrected chi connectivity index (χ3v) is 6.53. The van der Waals surface area contributed by atoms with Crippen molar-refractivity contribution in [3.8, 4) is 0 Å². The SMILES string of the molecule is Cc1c(C(=O)Nc2cc(C(F)(F)F)ccc2Cl)oc2c1/C(=N/NC(=O)c1ccc3ccccc3n1)CCC2. The number of pyridine rings is 1. The smallest absolute Gasteiger partial charge is 0.416 e. The van der Waals surface area contributed by atoms with Gasteiger partial charge < -0.3 is 9.73 Å². The summed E-state index contributed by atoms with van der Waals surface area (Å²) < 4.78 is 45.1. The summed E-state index contributed by atoms with van der Waals surface area (Å²) in [5.41, 5.74) is 3.84. The van der Waals surface area contributed by atoms with E-state index in [-0.39, 0.29) is 22.2 Å². The number of nitrogens with zero attached hydrogens (tertiary/aromatic N) is 2. The van der Waals surface area contributed by atoms with Crippen LogP contribution in [0.5, 0.6) is 0 Å². The first kappa shape index (κ1) is 25.5. The van der Waals surface area contributed by atoms with Crippen LogP contribution in [0, 0.1) is 6.92 Å². The van der Waals surface area contributed by atoms with Crippen molar-refractivity contribution >= 4 is 45.7 Å². The van der Waals surface area contributed by atoms with Crippen LogP contribution in [0.4, 0.5) is 18.9 Å². The Bertz CT molecular complexity index is 1610. The molecule has 0 fully saturated rings. The summed E-state index contributed by atoms with van der Waals surface area (Å²) in [7, 11) is 0. The van der Waals surface area contributed by atoms with E-state index in [1.165, 1.54) is 0 Å². The number of hydrazone groups is 1. The fraction of sp³-hybridized carbons (Fsp3) is 0.185. The molecule has 194 valence electrons. The van der Waals surface area contributed by atoms with Gasteiger partial charge in [0.25, 0.3) is 11.8 Å². The molecule has 2 heterocycles. The van der Waals surface area contributed by atoms with Crippen LogP contribution < -0.4 is 10.7 Å². The van der Waals surface area contributed by atoms with Gasteiger partial charge in [0, 0.05) is 22.9 Å². The number of rotatable bonds is 4. The molecule has 0 saturated heterocycles. The standard InChI is InChI=1S/C27H20ClF3N4O3/c1-14-23-19(34-35-25(36)20-12-9-15-5-2-3-6-18(15)32-20)7-4-8-22(23)38-24(14)26(37)33-21-13-16(27(29,30)31)10-11-17(21)28/h2-3,5-6,9-13H,4,7-8H2,1H3,(H,33,37)(H,35,36)/b34-19+. The minimum Gasteiger partial charge on any atom is -0.455 e. The van der Waals surface area contributed by atoms with Crippen LogP contribution in [0.3, 0.4) is 0 Å². The second kappa shape index (κ2) is 9.94. The lowest BCUT2D eigenvalue weighted by Crippen LogP contribution is -2.23. The number of hydrogen-bond acceptors (Lipinski definition) is 5. The highest BCUT2D eigenvalue weighted by Crippen LogP contribution is 2.35. The molecule has 2 aromatic carbocycles. The maximum atomic E-state index is 13.1. The molecule has 5 rings (SSSR count). The molecule has 1 aliphatic rings. The number of benzene rings is 2. The van der Waals surface area contributed by atoms with E-state index in [0.717, 1.165) is 23.6 Å². The summed E-state index contributed by atoms with van der Waals surface area (Å²) >= 11 is 6.02. The first-order valence-electron chi connectivity index (χ1n) is 11.7. The van der Waals surface area contributed by atoms with E-state index in [1.807, 2.05) is 18.2 Å². The number of para-hydroxylation sites is 1. The van der Waals surface area contributed by atoms with E-state index in [1.54, 1.807) is 25.1 Å². The van der Waals surface area contributed by atoms with Crippen LogP contribution in [0.15, 0.2) is 64.1 Å². The number of furan rings is 1. The maximum absolute atomic E-state index is 13.1. The van der Waals surface area contributed by atoms with Gasteiger partial charge in [0.1, 0.15) is 11.5 Å². The largest absolute Gasteiger partial charge is 0.455 e. The molecule has 38 heavy (non-hydrogen) atoms. The Balaban J connectivity index is 1.38. The van der Waals surface area contributed by atoms with Gasteiger partial charge in [0.15, 0.2) is 5.76 Å². The molecule has 7 nitrogen and oxygen atoms in total. The van der Waals surface area contributed by atoms with Crippen molar-refractivity contribution in [3.05, 3.63) is 93.5 Å². The van der Waals surface area contributed by atoms with Gasteiger partial charge >= 0.3 is 6.18 Å². The fourth-order valence-electron chi connectivity index (χ4n) is 4.34. The lowest BCUT2D eigenvalue weighted by Gasteiger charge is -2.13. The van der Waals surface area contributed by atoms with Crippen molar-refractivity contribution in [1.82, 2.24) is 10.4 Å². The Hall–Kier alpha value is -4.18. The van der Waals surface area contributed by atoms with Crippen LogP contribution >= 0.6 is 11.6 Å². The van der Waals surface area contributed by atoms with Gasteiger partial charge in [-0.3, -0.25) is 9.59 Å². The van der Waals surface area contributed by atoms with Gasteiger partial charge in [-0.05, 0) is 50.1 Å². The molecule has 0 bridgehead atoms. The van der Waals surface area contributed by atoms with Crippen LogP contribution in [-0.4, -0.2) is 22.5 Å². The Morgan fingerprint density at radius 2 is 1.84 bits per heavy atom. The molecule has 0 atom stereocenters. The molecular formula is C27H20ClF3N4O3. The molecule has 0 unspecified atom stereocenters. The zero-order valence-electron chi connectivity index (χ0n) is 19.9. The minimum atomic E-state index is -4.60. The van der Waals surface area contributed by atoms with E-state index in [4.69, 9.17) is 16.0 Å². The van der Waals surface area contributed by atoms with E-state index >= 15 is 0 Å². The van der Waals surface area contributed by atoms with Crippen LogP contribution in [0.1, 0.15) is 56.3 Å². The first-order valence-corrected chi connectivity index (χ1v) is 12.0. The Labute approximate surface area is 219 Å². The molecule has 1 aliphatic carbocycles. The highest BCUT2D eigenvalue weighted by atomic mass is 35.5. The first-order chi connectivity index (χ1) is 18.1. The Morgan fingerprint density at radius 3 is 2.63 bits per heavy atom. The van der Waals surface area contributed by atoms with Crippen molar-refractivity contribution in [2.45, 2.75) is 32.4 Å². The molecule has 0 radical (unpaired) electrons. The average Bonchev–Trinajstić information content (AvgIpc) is 3.24. The van der Waals surface area contributed by atoms with E-state index < -0.39 is 23.6 Å². The van der Waals surface area contributed by atoms with Crippen LogP contribution in [0.2, 0.25) is 5.02 Å². The Morgan fingerprint density at radius 1 is 1.05 bits per heavy atom. The topological polar surface area (TPSA) is 96.6 Å². The zero-order valence-corrected chi connectivity index (χ0v) is 20.7. The summed E-state index contributed by atoms with van der Waals surface area (Å²) in [5.74, 6) is -0.804. The van der Waals surface area contributed by atoms with Crippen molar-refractivity contribution < 1.29 is 27.2 Å². The molecule has 2 N–H and O–H groups in total. The third kappa shape index (κ3) is 4.99. The second-order valence-electron chi connectivity index (χ2n) is 8.74. The predicted octanol–water partition coefficient (Wildman–Crippen LogP) is 6.53. The molecule has 4 aromatic rings. The summed E-state index contributed by atoms with van der Waals surface area (Å²) in [6.45, 7) is 1.65. The lowest BCUT2D eigenvalue weighted by atomic mass is 9.93. The number of alkyl halides is 3. The number of carbonyl (C=O) groups excluding carboxylic acids is 2. The number of aryl methyl sites for hydroxylation is 1. The monoisotopic (exact) mass is 540 g/mol. The molecular weight excluding hydrogens is 521 g/mol. The Kier molecular flexibility index (Phi) is 6.66. The summed E-state index contributed by atoms with van der Waals surface area (Å²) in [6, 6.07) is 13.5. The number of carbonyl (C=O) groups is 2. The molecule has 0 saturated carbocycles. The van der Waals surface area contributed by atoms with E-state index in [2.05, 4.69) is 20.8 Å². The van der Waals surface area contributed by atoms with Gasteiger partial charge in [-0.15, -0.1) is 0 Å². The fourth-order valence-corrected chi connectivity index (χ4v) is 4.51. The van der Waals surface area contributed by atoms with Gasteiger partial charge in [-0.1, -0.05) is 35.9 Å². The average molecular weight is 541 g/mol. The van der Waals surface area contributed by atoms with Crippen molar-refractivity contribution in [1.29, 1.82) is 0 Å². The summed E-state index contributed by atoms with van der Waals surface area (Å²) in [5, 5.41) is 7.55. The maximum Gasteiger partial charge on any atom is 0.416 e. The number of anilines is 1. The highest BCUT2D eigenvalue weighted by molar-refractivity contribution is 6.34. The molecule has 2 amide bonds. The van der Waals surface area contributed by atoms with Gasteiger partial charge in [-0.2, -0.15) is 18.3 Å². The number of halogens is 4. The normalized spacial score (nSPS) is 14.4.